The van der Waals surface area contributed by atoms with Crippen molar-refractivity contribution in [3.63, 3.8) is 0 Å². The number of hydrogen-bond acceptors (Lipinski definition) is 1. The molecule has 0 aromatic rings. The Bertz CT molecular complexity index is 273. The lowest BCUT2D eigenvalue weighted by Gasteiger charge is -2.35. The van der Waals surface area contributed by atoms with Crippen LogP contribution in [0.1, 0.15) is 44.9 Å². The van der Waals surface area contributed by atoms with Gasteiger partial charge in [-0.25, -0.2) is 0 Å². The molecule has 1 rings (SSSR count). The van der Waals surface area contributed by atoms with Gasteiger partial charge in [-0.3, -0.25) is 0 Å². The molecule has 1 aliphatic rings. The van der Waals surface area contributed by atoms with Crippen LogP contribution < -0.4 is 0 Å². The van der Waals surface area contributed by atoms with E-state index in [0.29, 0.717) is 25.9 Å². The monoisotopic (exact) mass is 320 g/mol. The first-order valence-corrected chi connectivity index (χ1v) is 7.21. The van der Waals surface area contributed by atoms with Crippen LogP contribution in [-0.2, 0) is 4.74 Å². The van der Waals surface area contributed by atoms with Gasteiger partial charge in [0.1, 0.15) is 0 Å². The minimum atomic E-state index is -4.20. The molecule has 0 spiro atoms. The summed E-state index contributed by atoms with van der Waals surface area (Å²) in [5, 5.41) is 0. The first-order valence-electron chi connectivity index (χ1n) is 7.21. The summed E-state index contributed by atoms with van der Waals surface area (Å²) < 4.78 is 78.7. The molecule has 0 saturated heterocycles. The van der Waals surface area contributed by atoms with E-state index in [1.807, 2.05) is 0 Å². The van der Waals surface area contributed by atoms with Crippen molar-refractivity contribution >= 4 is 0 Å². The van der Waals surface area contributed by atoms with Gasteiger partial charge in [-0.15, -0.1) is 0 Å². The van der Waals surface area contributed by atoms with E-state index in [1.54, 1.807) is 0 Å². The van der Waals surface area contributed by atoms with Crippen LogP contribution in [0, 0.1) is 17.8 Å². The molecule has 7 heteroatoms. The topological polar surface area (TPSA) is 9.23 Å². The van der Waals surface area contributed by atoms with Crippen LogP contribution in [0.25, 0.3) is 0 Å². The highest BCUT2D eigenvalue weighted by molar-refractivity contribution is 4.80. The van der Waals surface area contributed by atoms with Gasteiger partial charge in [0.25, 0.3) is 0 Å². The Labute approximate surface area is 121 Å². The molecule has 0 radical (unpaired) electrons. The molecule has 0 N–H and O–H groups in total. The van der Waals surface area contributed by atoms with E-state index in [-0.39, 0.29) is 30.6 Å². The van der Waals surface area contributed by atoms with Crippen LogP contribution >= 0.6 is 0 Å². The quantitative estimate of drug-likeness (QED) is 0.599. The van der Waals surface area contributed by atoms with Crippen LogP contribution in [0.15, 0.2) is 0 Å². The molecule has 2 atom stereocenters. The lowest BCUT2D eigenvalue weighted by atomic mass is 9.72. The van der Waals surface area contributed by atoms with E-state index in [0.717, 1.165) is 0 Å². The van der Waals surface area contributed by atoms with Gasteiger partial charge in [-0.1, -0.05) is 0 Å². The SMILES string of the molecule is COCC1CC(CCC(F)(F)F)CC(CCC(F)(F)F)C1. The predicted molar refractivity (Wildman–Crippen MR) is 66.8 cm³/mol. The van der Waals surface area contributed by atoms with Crippen molar-refractivity contribution in [2.24, 2.45) is 17.8 Å². The van der Waals surface area contributed by atoms with Crippen LogP contribution in [0.3, 0.4) is 0 Å². The number of halogens is 6. The number of ether oxygens (including phenoxy) is 1. The van der Waals surface area contributed by atoms with E-state index >= 15 is 0 Å². The Morgan fingerprint density at radius 1 is 0.762 bits per heavy atom. The third-order valence-electron chi connectivity index (χ3n) is 4.07. The summed E-state index contributed by atoms with van der Waals surface area (Å²) in [5.41, 5.74) is 0. The zero-order chi connectivity index (χ0) is 16.1. The maximum Gasteiger partial charge on any atom is 0.389 e. The fraction of sp³-hybridized carbons (Fsp3) is 1.00. The zero-order valence-electron chi connectivity index (χ0n) is 12.1. The predicted octanol–water partition coefficient (Wildman–Crippen LogP) is 5.35. The van der Waals surface area contributed by atoms with Crippen LogP contribution in [-0.4, -0.2) is 26.1 Å². The van der Waals surface area contributed by atoms with E-state index in [1.165, 1.54) is 7.11 Å². The molecule has 1 nitrogen and oxygen atoms in total. The second-order valence-corrected chi connectivity index (χ2v) is 6.07. The highest BCUT2D eigenvalue weighted by Crippen LogP contribution is 2.40. The van der Waals surface area contributed by atoms with Crippen molar-refractivity contribution in [3.05, 3.63) is 0 Å². The van der Waals surface area contributed by atoms with Crippen LogP contribution in [0.2, 0.25) is 0 Å². The molecular formula is C14H22F6O. The second kappa shape index (κ2) is 7.70. The lowest BCUT2D eigenvalue weighted by Crippen LogP contribution is -2.27. The van der Waals surface area contributed by atoms with E-state index < -0.39 is 25.2 Å². The first-order chi connectivity index (χ1) is 9.59. The highest BCUT2D eigenvalue weighted by atomic mass is 19.4. The summed E-state index contributed by atoms with van der Waals surface area (Å²) in [4.78, 5) is 0. The molecule has 1 aliphatic carbocycles. The fourth-order valence-electron chi connectivity index (χ4n) is 3.28. The maximum absolute atomic E-state index is 12.3. The summed E-state index contributed by atoms with van der Waals surface area (Å²) in [6.07, 6.45) is -8.40. The Hall–Kier alpha value is -0.460. The van der Waals surface area contributed by atoms with Gasteiger partial charge in [0.15, 0.2) is 0 Å². The Morgan fingerprint density at radius 3 is 1.48 bits per heavy atom. The van der Waals surface area contributed by atoms with Crippen molar-refractivity contribution < 1.29 is 31.1 Å². The molecule has 126 valence electrons. The first kappa shape index (κ1) is 18.6. The number of hydrogen-bond donors (Lipinski definition) is 0. The second-order valence-electron chi connectivity index (χ2n) is 6.07. The van der Waals surface area contributed by atoms with Gasteiger partial charge in [0.2, 0.25) is 0 Å². The summed E-state index contributed by atoms with van der Waals surface area (Å²) >= 11 is 0. The van der Waals surface area contributed by atoms with Crippen molar-refractivity contribution in [1.82, 2.24) is 0 Å². The van der Waals surface area contributed by atoms with Gasteiger partial charge in [0, 0.05) is 26.6 Å². The molecule has 0 heterocycles. The molecule has 2 unspecified atom stereocenters. The molecule has 0 aliphatic heterocycles. The Balaban J connectivity index is 2.51. The summed E-state index contributed by atoms with van der Waals surface area (Å²) in [6.45, 7) is 0.408. The Morgan fingerprint density at radius 2 is 1.14 bits per heavy atom. The fourth-order valence-corrected chi connectivity index (χ4v) is 3.28. The molecule has 0 bridgehead atoms. The van der Waals surface area contributed by atoms with Gasteiger partial charge >= 0.3 is 12.4 Å². The zero-order valence-corrected chi connectivity index (χ0v) is 12.1. The summed E-state index contributed by atoms with van der Waals surface area (Å²) in [5.74, 6) is -0.238. The number of methoxy groups -OCH3 is 1. The van der Waals surface area contributed by atoms with Crippen LogP contribution in [0.5, 0.6) is 0 Å². The number of alkyl halides is 6. The van der Waals surface area contributed by atoms with E-state index in [9.17, 15) is 26.3 Å². The Kier molecular flexibility index (Phi) is 6.81. The van der Waals surface area contributed by atoms with Gasteiger partial charge < -0.3 is 4.74 Å². The summed E-state index contributed by atoms with van der Waals surface area (Å²) in [6, 6.07) is 0. The largest absolute Gasteiger partial charge is 0.389 e. The third kappa shape index (κ3) is 8.53. The molecule has 0 aromatic heterocycles. The molecule has 1 fully saturated rings. The third-order valence-corrected chi connectivity index (χ3v) is 4.07. The summed E-state index contributed by atoms with van der Waals surface area (Å²) in [7, 11) is 1.50. The van der Waals surface area contributed by atoms with Gasteiger partial charge in [-0.05, 0) is 49.9 Å². The minimum Gasteiger partial charge on any atom is -0.384 e. The van der Waals surface area contributed by atoms with E-state index in [2.05, 4.69) is 0 Å². The van der Waals surface area contributed by atoms with Gasteiger partial charge in [0.05, 0.1) is 0 Å². The van der Waals surface area contributed by atoms with Crippen LogP contribution in [0.4, 0.5) is 26.3 Å². The average molecular weight is 320 g/mol. The molecule has 21 heavy (non-hydrogen) atoms. The maximum atomic E-state index is 12.3. The molecular weight excluding hydrogens is 298 g/mol. The van der Waals surface area contributed by atoms with Crippen molar-refractivity contribution in [2.45, 2.75) is 57.3 Å². The van der Waals surface area contributed by atoms with E-state index in [4.69, 9.17) is 4.74 Å². The van der Waals surface area contributed by atoms with Gasteiger partial charge in [-0.2, -0.15) is 26.3 Å². The van der Waals surface area contributed by atoms with Crippen molar-refractivity contribution in [3.8, 4) is 0 Å². The molecule has 0 aromatic carbocycles. The minimum absolute atomic E-state index is 0.00618. The standard InChI is InChI=1S/C14H22F6O/c1-21-9-12-7-10(2-4-13(15,16)17)6-11(8-12)3-5-14(18,19)20/h10-12H,2-9H2,1H3. The highest BCUT2D eigenvalue weighted by Gasteiger charge is 2.35. The smallest absolute Gasteiger partial charge is 0.384 e. The molecule has 0 amide bonds. The van der Waals surface area contributed by atoms with Crippen molar-refractivity contribution in [2.75, 3.05) is 13.7 Å². The molecule has 1 saturated carbocycles. The number of rotatable bonds is 6. The van der Waals surface area contributed by atoms with Crippen molar-refractivity contribution in [1.29, 1.82) is 0 Å². The normalized spacial score (nSPS) is 27.9. The lowest BCUT2D eigenvalue weighted by molar-refractivity contribution is -0.141. The average Bonchev–Trinajstić information content (AvgIpc) is 2.33.